The number of hydrogen-bond acceptors (Lipinski definition) is 4. The summed E-state index contributed by atoms with van der Waals surface area (Å²) in [5.74, 6) is 0.366. The van der Waals surface area contributed by atoms with E-state index in [1.165, 1.54) is 0 Å². The van der Waals surface area contributed by atoms with Crippen LogP contribution in [-0.4, -0.2) is 31.6 Å². The van der Waals surface area contributed by atoms with Crippen LogP contribution in [-0.2, 0) is 9.53 Å². The summed E-state index contributed by atoms with van der Waals surface area (Å²) in [6, 6.07) is 6.71. The Hall–Kier alpha value is -1.88. The van der Waals surface area contributed by atoms with Gasteiger partial charge in [-0.3, -0.25) is 4.79 Å². The fraction of sp³-hybridized carbons (Fsp3) is 0.529. The minimum atomic E-state index is -0.342. The van der Waals surface area contributed by atoms with Gasteiger partial charge in [-0.15, -0.1) is 0 Å². The summed E-state index contributed by atoms with van der Waals surface area (Å²) in [7, 11) is 0. The summed E-state index contributed by atoms with van der Waals surface area (Å²) in [6.07, 6.45) is 0. The van der Waals surface area contributed by atoms with E-state index in [2.05, 4.69) is 24.5 Å². The molecule has 0 saturated carbocycles. The molecule has 0 fully saturated rings. The van der Waals surface area contributed by atoms with Crippen molar-refractivity contribution in [2.75, 3.05) is 25.0 Å². The highest BCUT2D eigenvalue weighted by molar-refractivity contribution is 5.93. The van der Waals surface area contributed by atoms with E-state index < -0.39 is 0 Å². The Bertz CT molecular complexity index is 481. The molecule has 0 saturated heterocycles. The average molecular weight is 306 g/mol. The maximum absolute atomic E-state index is 11.8. The van der Waals surface area contributed by atoms with Crippen molar-refractivity contribution in [2.24, 2.45) is 11.8 Å². The van der Waals surface area contributed by atoms with Gasteiger partial charge >= 0.3 is 5.97 Å². The lowest BCUT2D eigenvalue weighted by Gasteiger charge is -2.09. The predicted octanol–water partition coefficient (Wildman–Crippen LogP) is 2.68. The van der Waals surface area contributed by atoms with Crippen LogP contribution in [0, 0.1) is 11.8 Å². The van der Waals surface area contributed by atoms with E-state index in [-0.39, 0.29) is 18.4 Å². The van der Waals surface area contributed by atoms with Gasteiger partial charge in [0.25, 0.3) is 0 Å². The Morgan fingerprint density at radius 3 is 2.23 bits per heavy atom. The Labute approximate surface area is 132 Å². The van der Waals surface area contributed by atoms with Crippen LogP contribution in [0.3, 0.4) is 0 Å². The zero-order chi connectivity index (χ0) is 16.5. The number of amides is 1. The lowest BCUT2D eigenvalue weighted by Crippen LogP contribution is -2.30. The molecule has 1 rings (SSSR count). The van der Waals surface area contributed by atoms with Gasteiger partial charge in [-0.25, -0.2) is 4.79 Å². The first-order chi connectivity index (χ1) is 10.4. The molecule has 1 aromatic rings. The number of benzene rings is 1. The minimum absolute atomic E-state index is 0.101. The summed E-state index contributed by atoms with van der Waals surface area (Å²) in [5, 5.41) is 5.85. The quantitative estimate of drug-likeness (QED) is 0.725. The van der Waals surface area contributed by atoms with Crippen LogP contribution in [0.1, 0.15) is 38.1 Å². The number of carbonyl (C=O) groups excluding carboxylic acids is 2. The monoisotopic (exact) mass is 306 g/mol. The smallest absolute Gasteiger partial charge is 0.338 e. The molecule has 0 atom stereocenters. The summed E-state index contributed by atoms with van der Waals surface area (Å²) in [6.45, 7) is 9.62. The molecule has 2 N–H and O–H groups in total. The fourth-order valence-corrected chi connectivity index (χ4v) is 1.69. The number of anilines is 1. The van der Waals surface area contributed by atoms with Gasteiger partial charge in [0.2, 0.25) is 5.91 Å². The second-order valence-corrected chi connectivity index (χ2v) is 6.14. The number of ether oxygens (including phenoxy) is 1. The number of carbonyl (C=O) groups is 2. The molecule has 0 aromatic heterocycles. The summed E-state index contributed by atoms with van der Waals surface area (Å²) in [4.78, 5) is 23.5. The molecule has 0 aliphatic rings. The van der Waals surface area contributed by atoms with Crippen molar-refractivity contribution in [2.45, 2.75) is 27.7 Å². The van der Waals surface area contributed by atoms with Gasteiger partial charge in [0.05, 0.1) is 18.7 Å². The van der Waals surface area contributed by atoms with Gasteiger partial charge in [0, 0.05) is 5.69 Å². The van der Waals surface area contributed by atoms with Gasteiger partial charge in [0.15, 0.2) is 0 Å². The zero-order valence-corrected chi connectivity index (χ0v) is 13.8. The molecule has 0 heterocycles. The van der Waals surface area contributed by atoms with Gasteiger partial charge < -0.3 is 15.4 Å². The van der Waals surface area contributed by atoms with Crippen molar-refractivity contribution in [3.8, 4) is 0 Å². The van der Waals surface area contributed by atoms with Crippen LogP contribution in [0.15, 0.2) is 24.3 Å². The lowest BCUT2D eigenvalue weighted by molar-refractivity contribution is -0.115. The Morgan fingerprint density at radius 1 is 1.05 bits per heavy atom. The largest absolute Gasteiger partial charge is 0.462 e. The third kappa shape index (κ3) is 7.22. The fourth-order valence-electron chi connectivity index (χ4n) is 1.69. The van der Waals surface area contributed by atoms with E-state index in [1.807, 2.05) is 13.8 Å². The highest BCUT2D eigenvalue weighted by Crippen LogP contribution is 2.11. The number of hydrogen-bond donors (Lipinski definition) is 2. The van der Waals surface area contributed by atoms with Crippen LogP contribution in [0.25, 0.3) is 0 Å². The van der Waals surface area contributed by atoms with E-state index in [1.54, 1.807) is 24.3 Å². The first-order valence-corrected chi connectivity index (χ1v) is 7.66. The summed E-state index contributed by atoms with van der Waals surface area (Å²) < 4.78 is 5.15. The van der Waals surface area contributed by atoms with Crippen LogP contribution in [0.4, 0.5) is 5.69 Å². The SMILES string of the molecule is CC(C)CNCC(=O)Nc1ccc(C(=O)OCC(C)C)cc1. The second kappa shape index (κ2) is 9.20. The van der Waals surface area contributed by atoms with E-state index in [0.717, 1.165) is 6.54 Å². The standard InChI is InChI=1S/C17H26N2O3/c1-12(2)9-18-10-16(20)19-15-7-5-14(6-8-15)17(21)22-11-13(3)4/h5-8,12-13,18H,9-11H2,1-4H3,(H,19,20). The van der Waals surface area contributed by atoms with Crippen molar-refractivity contribution < 1.29 is 14.3 Å². The summed E-state index contributed by atoms with van der Waals surface area (Å²) in [5.41, 5.74) is 1.15. The molecule has 122 valence electrons. The molecular weight excluding hydrogens is 280 g/mol. The Kier molecular flexibility index (Phi) is 7.60. The van der Waals surface area contributed by atoms with Crippen molar-refractivity contribution in [1.82, 2.24) is 5.32 Å². The Balaban J connectivity index is 2.44. The topological polar surface area (TPSA) is 67.4 Å². The zero-order valence-electron chi connectivity index (χ0n) is 13.8. The van der Waals surface area contributed by atoms with Crippen molar-refractivity contribution >= 4 is 17.6 Å². The van der Waals surface area contributed by atoms with Crippen molar-refractivity contribution in [3.05, 3.63) is 29.8 Å². The van der Waals surface area contributed by atoms with Gasteiger partial charge in [-0.1, -0.05) is 27.7 Å². The van der Waals surface area contributed by atoms with Crippen LogP contribution in [0.5, 0.6) is 0 Å². The molecule has 0 bridgehead atoms. The van der Waals surface area contributed by atoms with Crippen LogP contribution < -0.4 is 10.6 Å². The number of esters is 1. The van der Waals surface area contributed by atoms with E-state index in [4.69, 9.17) is 4.74 Å². The van der Waals surface area contributed by atoms with Crippen LogP contribution in [0.2, 0.25) is 0 Å². The molecule has 0 radical (unpaired) electrons. The number of rotatable bonds is 8. The minimum Gasteiger partial charge on any atom is -0.462 e. The first kappa shape index (κ1) is 18.2. The van der Waals surface area contributed by atoms with Gasteiger partial charge in [0.1, 0.15) is 0 Å². The van der Waals surface area contributed by atoms with E-state index >= 15 is 0 Å². The molecule has 1 aromatic carbocycles. The second-order valence-electron chi connectivity index (χ2n) is 6.14. The highest BCUT2D eigenvalue weighted by Gasteiger charge is 2.09. The van der Waals surface area contributed by atoms with Gasteiger partial charge in [-0.2, -0.15) is 0 Å². The lowest BCUT2D eigenvalue weighted by atomic mass is 10.2. The average Bonchev–Trinajstić information content (AvgIpc) is 2.45. The molecule has 1 amide bonds. The third-order valence-corrected chi connectivity index (χ3v) is 2.79. The molecule has 5 nitrogen and oxygen atoms in total. The molecular formula is C17H26N2O3. The number of nitrogens with one attached hydrogen (secondary N) is 2. The predicted molar refractivity (Wildman–Crippen MR) is 87.9 cm³/mol. The first-order valence-electron chi connectivity index (χ1n) is 7.66. The van der Waals surface area contributed by atoms with E-state index in [0.29, 0.717) is 29.7 Å². The van der Waals surface area contributed by atoms with E-state index in [9.17, 15) is 9.59 Å². The molecule has 0 spiro atoms. The molecule has 0 aliphatic heterocycles. The molecule has 0 unspecified atom stereocenters. The van der Waals surface area contributed by atoms with Crippen LogP contribution >= 0.6 is 0 Å². The highest BCUT2D eigenvalue weighted by atomic mass is 16.5. The van der Waals surface area contributed by atoms with Gasteiger partial charge in [-0.05, 0) is 42.6 Å². The summed E-state index contributed by atoms with van der Waals surface area (Å²) >= 11 is 0. The molecule has 0 aliphatic carbocycles. The van der Waals surface area contributed by atoms with Crippen molar-refractivity contribution in [1.29, 1.82) is 0 Å². The third-order valence-electron chi connectivity index (χ3n) is 2.79. The normalized spacial score (nSPS) is 10.8. The Morgan fingerprint density at radius 2 is 1.68 bits per heavy atom. The molecule has 5 heteroatoms. The maximum Gasteiger partial charge on any atom is 0.338 e. The van der Waals surface area contributed by atoms with Crippen molar-refractivity contribution in [3.63, 3.8) is 0 Å². The molecule has 22 heavy (non-hydrogen) atoms. The maximum atomic E-state index is 11.8.